The van der Waals surface area contributed by atoms with Crippen LogP contribution in [0.1, 0.15) is 108 Å². The molecule has 0 N–H and O–H groups in total. The lowest BCUT2D eigenvalue weighted by Gasteiger charge is -2.06. The highest BCUT2D eigenvalue weighted by molar-refractivity contribution is 5.55. The maximum absolute atomic E-state index is 14.4. The van der Waals surface area contributed by atoms with E-state index < -0.39 is 0 Å². The van der Waals surface area contributed by atoms with Crippen LogP contribution in [0.2, 0.25) is 0 Å². The van der Waals surface area contributed by atoms with Gasteiger partial charge < -0.3 is 0 Å². The van der Waals surface area contributed by atoms with Gasteiger partial charge in [0.1, 0.15) is 0 Å². The molecular weight excluding hydrogens is 371 g/mol. The van der Waals surface area contributed by atoms with Gasteiger partial charge in [-0.3, -0.25) is 0 Å². The number of unbranched alkanes of at least 4 members (excludes halogenated alkanes) is 11. The summed E-state index contributed by atoms with van der Waals surface area (Å²) < 4.78 is 14.4. The van der Waals surface area contributed by atoms with Gasteiger partial charge in [0.15, 0.2) is 5.82 Å². The van der Waals surface area contributed by atoms with E-state index in [-0.39, 0.29) is 5.95 Å². The Morgan fingerprint density at radius 2 is 1.20 bits per heavy atom. The van der Waals surface area contributed by atoms with Crippen molar-refractivity contribution >= 4 is 0 Å². The summed E-state index contributed by atoms with van der Waals surface area (Å²) in [5.41, 5.74) is 2.86. The number of hydrogen-bond donors (Lipinski definition) is 0. The van der Waals surface area contributed by atoms with Crippen LogP contribution in [-0.2, 0) is 12.8 Å². The number of benzene rings is 1. The molecule has 0 unspecified atom stereocenters. The highest BCUT2D eigenvalue weighted by Crippen LogP contribution is 2.19. The van der Waals surface area contributed by atoms with Crippen LogP contribution in [0.4, 0.5) is 4.39 Å². The molecule has 0 aliphatic carbocycles. The third-order valence-corrected chi connectivity index (χ3v) is 5.89. The fraction of sp³-hybridized carbons (Fsp3) is 0.630. The van der Waals surface area contributed by atoms with Gasteiger partial charge in [-0.2, -0.15) is 9.37 Å². The van der Waals surface area contributed by atoms with E-state index in [0.717, 1.165) is 31.2 Å². The lowest BCUT2D eigenvalue weighted by molar-refractivity contribution is 0.539. The van der Waals surface area contributed by atoms with Crippen molar-refractivity contribution in [2.75, 3.05) is 0 Å². The Hall–Kier alpha value is -1.77. The van der Waals surface area contributed by atoms with Crippen LogP contribution < -0.4 is 0 Å². The van der Waals surface area contributed by atoms with Crippen molar-refractivity contribution in [3.63, 3.8) is 0 Å². The van der Waals surface area contributed by atoms with E-state index in [9.17, 15) is 4.39 Å². The van der Waals surface area contributed by atoms with Crippen LogP contribution in [0.3, 0.4) is 0 Å². The van der Waals surface area contributed by atoms with Gasteiger partial charge in [0.05, 0.1) is 0 Å². The first-order valence-corrected chi connectivity index (χ1v) is 12.3. The molecule has 166 valence electrons. The van der Waals surface area contributed by atoms with E-state index in [1.165, 1.54) is 76.2 Å². The first-order valence-electron chi connectivity index (χ1n) is 12.3. The van der Waals surface area contributed by atoms with Gasteiger partial charge in [0, 0.05) is 17.3 Å². The Kier molecular flexibility index (Phi) is 12.3. The predicted molar refractivity (Wildman–Crippen MR) is 126 cm³/mol. The van der Waals surface area contributed by atoms with Crippen LogP contribution in [0.5, 0.6) is 0 Å². The molecule has 0 bridgehead atoms. The summed E-state index contributed by atoms with van der Waals surface area (Å²) in [6.07, 6.45) is 20.1. The Labute approximate surface area is 183 Å². The van der Waals surface area contributed by atoms with Crippen molar-refractivity contribution < 1.29 is 4.39 Å². The van der Waals surface area contributed by atoms with Crippen molar-refractivity contribution in [1.29, 1.82) is 0 Å². The van der Waals surface area contributed by atoms with E-state index in [2.05, 4.69) is 35.9 Å². The van der Waals surface area contributed by atoms with E-state index in [1.54, 1.807) is 6.20 Å². The number of aromatic nitrogens is 2. The molecule has 2 nitrogen and oxygen atoms in total. The fourth-order valence-corrected chi connectivity index (χ4v) is 3.90. The summed E-state index contributed by atoms with van der Waals surface area (Å²) in [6, 6.07) is 8.25. The number of hydrogen-bond acceptors (Lipinski definition) is 2. The molecule has 2 rings (SSSR count). The third-order valence-electron chi connectivity index (χ3n) is 5.89. The van der Waals surface area contributed by atoms with Gasteiger partial charge in [-0.15, -0.1) is 0 Å². The largest absolute Gasteiger partial charge is 0.236 e. The van der Waals surface area contributed by atoms with Gasteiger partial charge in [-0.1, -0.05) is 109 Å². The summed E-state index contributed by atoms with van der Waals surface area (Å²) >= 11 is 0. The zero-order valence-electron chi connectivity index (χ0n) is 19.3. The van der Waals surface area contributed by atoms with Gasteiger partial charge in [-0.25, -0.2) is 4.98 Å². The maximum atomic E-state index is 14.4. The monoisotopic (exact) mass is 412 g/mol. The molecule has 1 aromatic heterocycles. The normalized spacial score (nSPS) is 11.2. The Balaban J connectivity index is 1.69. The molecule has 2 aromatic rings. The molecule has 0 saturated heterocycles. The second-order valence-electron chi connectivity index (χ2n) is 8.60. The summed E-state index contributed by atoms with van der Waals surface area (Å²) in [5.74, 6) is 0.127. The molecule has 30 heavy (non-hydrogen) atoms. The van der Waals surface area contributed by atoms with Crippen LogP contribution in [0, 0.1) is 5.95 Å². The van der Waals surface area contributed by atoms with Crippen molar-refractivity contribution in [2.45, 2.75) is 110 Å². The van der Waals surface area contributed by atoms with E-state index in [1.807, 2.05) is 12.1 Å². The Bertz CT molecular complexity index is 697. The maximum Gasteiger partial charge on any atom is 0.219 e. The molecule has 1 aromatic carbocycles. The average Bonchev–Trinajstić information content (AvgIpc) is 2.76. The molecule has 3 heteroatoms. The molecule has 1 heterocycles. The van der Waals surface area contributed by atoms with Crippen molar-refractivity contribution in [3.05, 3.63) is 47.5 Å². The molecule has 0 radical (unpaired) electrons. The number of halogens is 1. The number of rotatable bonds is 16. The molecule has 0 spiro atoms. The molecule has 0 aliphatic rings. The minimum atomic E-state index is -0.358. The second-order valence-corrected chi connectivity index (χ2v) is 8.60. The summed E-state index contributed by atoms with van der Waals surface area (Å²) in [5, 5.41) is 0. The lowest BCUT2D eigenvalue weighted by Crippen LogP contribution is -1.99. The average molecular weight is 413 g/mol. The standard InChI is InChI=1S/C27H41FN2/c1-3-5-7-8-9-10-11-12-13-15-17-25-22-29-27(30-26(25)28)24-20-18-23(19-21-24)16-14-6-4-2/h18-22H,3-17H2,1-2H3. The molecule has 0 amide bonds. The van der Waals surface area contributed by atoms with Gasteiger partial charge in [0.2, 0.25) is 5.95 Å². The quantitative estimate of drug-likeness (QED) is 0.204. The van der Waals surface area contributed by atoms with E-state index in [0.29, 0.717) is 11.4 Å². The SMILES string of the molecule is CCCCCCCCCCCCc1cnc(-c2ccc(CCCCC)cc2)nc1F. The van der Waals surface area contributed by atoms with Gasteiger partial charge >= 0.3 is 0 Å². The van der Waals surface area contributed by atoms with E-state index in [4.69, 9.17) is 0 Å². The molecular formula is C27H41FN2. The van der Waals surface area contributed by atoms with Gasteiger partial charge in [-0.05, 0) is 31.2 Å². The Morgan fingerprint density at radius 3 is 1.80 bits per heavy atom. The molecule has 0 fully saturated rings. The van der Waals surface area contributed by atoms with Crippen LogP contribution >= 0.6 is 0 Å². The van der Waals surface area contributed by atoms with Crippen molar-refractivity contribution in [1.82, 2.24) is 9.97 Å². The zero-order chi connectivity index (χ0) is 21.4. The third kappa shape index (κ3) is 9.36. The Morgan fingerprint density at radius 1 is 0.667 bits per heavy atom. The van der Waals surface area contributed by atoms with Gasteiger partial charge in [0.25, 0.3) is 0 Å². The fourth-order valence-electron chi connectivity index (χ4n) is 3.90. The highest BCUT2D eigenvalue weighted by atomic mass is 19.1. The number of aryl methyl sites for hydroxylation is 2. The highest BCUT2D eigenvalue weighted by Gasteiger charge is 2.08. The molecule has 0 saturated carbocycles. The smallest absolute Gasteiger partial charge is 0.219 e. The summed E-state index contributed by atoms with van der Waals surface area (Å²) in [7, 11) is 0. The van der Waals surface area contributed by atoms with Crippen LogP contribution in [0.25, 0.3) is 11.4 Å². The second kappa shape index (κ2) is 15.1. The number of nitrogens with zero attached hydrogens (tertiary/aromatic N) is 2. The first-order chi connectivity index (χ1) is 14.7. The topological polar surface area (TPSA) is 25.8 Å². The van der Waals surface area contributed by atoms with Crippen molar-refractivity contribution in [3.8, 4) is 11.4 Å². The minimum Gasteiger partial charge on any atom is -0.236 e. The van der Waals surface area contributed by atoms with E-state index >= 15 is 0 Å². The summed E-state index contributed by atoms with van der Waals surface area (Å²) in [4.78, 5) is 8.56. The van der Waals surface area contributed by atoms with Crippen LogP contribution in [0.15, 0.2) is 30.5 Å². The van der Waals surface area contributed by atoms with Crippen molar-refractivity contribution in [2.24, 2.45) is 0 Å². The molecule has 0 atom stereocenters. The zero-order valence-corrected chi connectivity index (χ0v) is 19.3. The predicted octanol–water partition coefficient (Wildman–Crippen LogP) is 8.48. The minimum absolute atomic E-state index is 0.358. The first kappa shape index (κ1) is 24.5. The summed E-state index contributed by atoms with van der Waals surface area (Å²) in [6.45, 7) is 4.48. The lowest BCUT2D eigenvalue weighted by atomic mass is 10.0. The van der Waals surface area contributed by atoms with Crippen LogP contribution in [-0.4, -0.2) is 9.97 Å². The molecule has 0 aliphatic heterocycles.